The van der Waals surface area contributed by atoms with E-state index in [0.29, 0.717) is 18.7 Å². The molecule has 230 valence electrons. The largest absolute Gasteiger partial charge is 0.488 e. The van der Waals surface area contributed by atoms with E-state index >= 15 is 0 Å². The lowest BCUT2D eigenvalue weighted by Crippen LogP contribution is -2.36. The Labute approximate surface area is 257 Å². The van der Waals surface area contributed by atoms with Crippen molar-refractivity contribution in [3.63, 3.8) is 0 Å². The molecule has 2 heterocycles. The first kappa shape index (κ1) is 31.2. The van der Waals surface area contributed by atoms with E-state index in [9.17, 15) is 13.2 Å². The highest BCUT2D eigenvalue weighted by molar-refractivity contribution is 7.89. The molecule has 0 saturated carbocycles. The molecule has 1 unspecified atom stereocenters. The number of carbonyl (C=O) groups excluding carboxylic acids is 1. The minimum Gasteiger partial charge on any atom is -0.488 e. The number of hydrogen-bond donors (Lipinski definition) is 0. The fourth-order valence-corrected chi connectivity index (χ4v) is 7.61. The molecule has 5 rings (SSSR count). The molecule has 1 aromatic heterocycles. The molecular weight excluding hydrogens is 578 g/mol. The molecule has 1 aliphatic rings. The molecule has 11 nitrogen and oxygen atoms in total. The van der Waals surface area contributed by atoms with Gasteiger partial charge < -0.3 is 4.74 Å². The second-order valence-electron chi connectivity index (χ2n) is 11.8. The van der Waals surface area contributed by atoms with Crippen LogP contribution in [0.2, 0.25) is 0 Å². The molecule has 2 atom stereocenters. The first-order chi connectivity index (χ1) is 20.9. The zero-order valence-electron chi connectivity index (χ0n) is 25.9. The summed E-state index contributed by atoms with van der Waals surface area (Å²) in [5.74, 6) is -0.778. The van der Waals surface area contributed by atoms with Crippen molar-refractivity contribution >= 4 is 27.0 Å². The molecule has 1 aliphatic heterocycles. The zero-order valence-corrected chi connectivity index (χ0v) is 26.7. The van der Waals surface area contributed by atoms with Crippen LogP contribution in [0.15, 0.2) is 64.6 Å². The molecule has 0 bridgehead atoms. The maximum absolute atomic E-state index is 13.9. The van der Waals surface area contributed by atoms with Crippen molar-refractivity contribution in [2.45, 2.75) is 78.0 Å². The van der Waals surface area contributed by atoms with Crippen LogP contribution in [0.1, 0.15) is 67.9 Å². The molecule has 44 heavy (non-hydrogen) atoms. The number of aromatic nitrogens is 3. The van der Waals surface area contributed by atoms with Gasteiger partial charge in [-0.15, -0.1) is 5.10 Å². The summed E-state index contributed by atoms with van der Waals surface area (Å²) in [6.07, 6.45) is 0.331. The lowest BCUT2D eigenvalue weighted by molar-refractivity contribution is -0.126. The number of para-hydroxylation sites is 1. The van der Waals surface area contributed by atoms with Crippen molar-refractivity contribution in [1.29, 1.82) is 0 Å². The van der Waals surface area contributed by atoms with E-state index in [1.54, 1.807) is 38.1 Å². The molecule has 0 fully saturated rings. The number of azide groups is 1. The SMILES string of the molecule is CC[C@@H]1CN(Cc2cc(C(c3ccc4c(nnn4CC)c3C)C(C)(C)C(=O)N=[N+]=[N-])ccc2C)S(=O)(=O)c2ccccc2O1. The third kappa shape index (κ3) is 5.45. The summed E-state index contributed by atoms with van der Waals surface area (Å²) in [6.45, 7) is 12.4. The second-order valence-corrected chi connectivity index (χ2v) is 13.7. The molecule has 1 amide bonds. The normalized spacial score (nSPS) is 17.3. The Balaban J connectivity index is 1.64. The molecule has 0 spiro atoms. The Hall–Kier alpha value is -4.25. The number of amides is 1. The third-order valence-electron chi connectivity index (χ3n) is 8.68. The summed E-state index contributed by atoms with van der Waals surface area (Å²) in [7, 11) is -3.86. The van der Waals surface area contributed by atoms with Crippen LogP contribution in [0.4, 0.5) is 0 Å². The highest BCUT2D eigenvalue weighted by atomic mass is 32.2. The van der Waals surface area contributed by atoms with Gasteiger partial charge in [0.1, 0.15) is 22.3 Å². The number of carbonyl (C=O) groups is 1. The van der Waals surface area contributed by atoms with Crippen LogP contribution >= 0.6 is 0 Å². The number of ether oxygens (including phenoxy) is 1. The maximum Gasteiger partial charge on any atom is 0.247 e. The van der Waals surface area contributed by atoms with E-state index in [4.69, 9.17) is 10.3 Å². The predicted molar refractivity (Wildman–Crippen MR) is 168 cm³/mol. The van der Waals surface area contributed by atoms with Crippen LogP contribution in [0.5, 0.6) is 5.75 Å². The molecule has 3 aromatic carbocycles. The summed E-state index contributed by atoms with van der Waals surface area (Å²) in [4.78, 5) is 16.2. The Morgan fingerprint density at radius 1 is 1.16 bits per heavy atom. The molecule has 12 heteroatoms. The Kier molecular flexibility index (Phi) is 8.53. The quantitative estimate of drug-likeness (QED) is 0.127. The lowest BCUT2D eigenvalue weighted by atomic mass is 9.69. The van der Waals surface area contributed by atoms with Crippen molar-refractivity contribution in [1.82, 2.24) is 19.3 Å². The smallest absolute Gasteiger partial charge is 0.247 e. The van der Waals surface area contributed by atoms with Gasteiger partial charge in [-0.25, -0.2) is 13.1 Å². The van der Waals surface area contributed by atoms with Crippen LogP contribution in [0.3, 0.4) is 0 Å². The Bertz CT molecular complexity index is 1890. The average molecular weight is 616 g/mol. The van der Waals surface area contributed by atoms with E-state index in [2.05, 4.69) is 20.3 Å². The molecule has 0 saturated heterocycles. The van der Waals surface area contributed by atoms with Crippen molar-refractivity contribution in [3.8, 4) is 5.75 Å². The van der Waals surface area contributed by atoms with Crippen LogP contribution < -0.4 is 4.74 Å². The number of sulfonamides is 1. The van der Waals surface area contributed by atoms with Gasteiger partial charge in [0.15, 0.2) is 0 Å². The fourth-order valence-electron chi connectivity index (χ4n) is 6.04. The van der Waals surface area contributed by atoms with Crippen LogP contribution in [0.25, 0.3) is 21.5 Å². The van der Waals surface area contributed by atoms with E-state index in [1.165, 1.54) is 4.31 Å². The first-order valence-corrected chi connectivity index (χ1v) is 16.1. The highest BCUT2D eigenvalue weighted by Crippen LogP contribution is 2.45. The highest BCUT2D eigenvalue weighted by Gasteiger charge is 2.40. The van der Waals surface area contributed by atoms with Gasteiger partial charge in [0, 0.05) is 29.3 Å². The van der Waals surface area contributed by atoms with E-state index in [1.807, 2.05) is 62.7 Å². The van der Waals surface area contributed by atoms with Crippen molar-refractivity contribution in [3.05, 3.63) is 92.9 Å². The Morgan fingerprint density at radius 2 is 1.91 bits per heavy atom. The summed E-state index contributed by atoms with van der Waals surface area (Å²) in [6, 6.07) is 16.5. The van der Waals surface area contributed by atoms with Crippen molar-refractivity contribution < 1.29 is 17.9 Å². The van der Waals surface area contributed by atoms with Gasteiger partial charge in [-0.1, -0.05) is 62.4 Å². The van der Waals surface area contributed by atoms with Gasteiger partial charge >= 0.3 is 0 Å². The van der Waals surface area contributed by atoms with Crippen LogP contribution in [-0.4, -0.2) is 46.3 Å². The summed E-state index contributed by atoms with van der Waals surface area (Å²) >= 11 is 0. The summed E-state index contributed by atoms with van der Waals surface area (Å²) < 4.78 is 37.2. The van der Waals surface area contributed by atoms with Crippen molar-refractivity contribution in [2.24, 2.45) is 10.5 Å². The second kappa shape index (κ2) is 12.0. The van der Waals surface area contributed by atoms with E-state index < -0.39 is 27.3 Å². The zero-order chi connectivity index (χ0) is 31.8. The maximum atomic E-state index is 13.9. The molecule has 0 aliphatic carbocycles. The number of hydrogen-bond acceptors (Lipinski definition) is 6. The van der Waals surface area contributed by atoms with Gasteiger partial charge in [-0.3, -0.25) is 4.79 Å². The fraction of sp³-hybridized carbons (Fsp3) is 0.406. The van der Waals surface area contributed by atoms with Crippen LogP contribution in [0, 0.1) is 19.3 Å². The third-order valence-corrected chi connectivity index (χ3v) is 10.5. The minimum absolute atomic E-state index is 0.122. The number of fused-ring (bicyclic) bond motifs is 2. The van der Waals surface area contributed by atoms with E-state index in [-0.39, 0.29) is 24.1 Å². The minimum atomic E-state index is -3.86. The van der Waals surface area contributed by atoms with Gasteiger partial charge in [-0.05, 0) is 83.9 Å². The summed E-state index contributed by atoms with van der Waals surface area (Å²) in [5, 5.41) is 12.2. The number of benzene rings is 3. The molecular formula is C32H37N7O4S. The Morgan fingerprint density at radius 3 is 2.61 bits per heavy atom. The van der Waals surface area contributed by atoms with Gasteiger partial charge in [-0.2, -0.15) is 4.31 Å². The number of rotatable bonds is 8. The first-order valence-electron chi connectivity index (χ1n) is 14.7. The van der Waals surface area contributed by atoms with Gasteiger partial charge in [0.25, 0.3) is 0 Å². The average Bonchev–Trinajstić information content (AvgIpc) is 3.39. The standard InChI is InChI=1S/C32H37N7O4S/c1-7-24-19-38(44(41,42)28-12-10-9-11-27(28)43-24)18-23-17-22(14-13-20(23)3)29(32(5,6)31(40)35-36-33)25-15-16-26-30(21(25)4)34-37-39(26)8-2/h9-17,24,29H,7-8,18-19H2,1-6H3/t24-,29?/m1/s1. The van der Waals surface area contributed by atoms with Crippen LogP contribution in [-0.2, 0) is 27.9 Å². The summed E-state index contributed by atoms with van der Waals surface area (Å²) in [5.41, 5.74) is 13.8. The van der Waals surface area contributed by atoms with E-state index in [0.717, 1.165) is 38.9 Å². The molecule has 0 radical (unpaired) electrons. The monoisotopic (exact) mass is 615 g/mol. The number of nitrogens with zero attached hydrogens (tertiary/aromatic N) is 7. The van der Waals surface area contributed by atoms with Gasteiger partial charge in [0.05, 0.1) is 12.1 Å². The molecule has 4 aromatic rings. The molecule has 0 N–H and O–H groups in total. The topological polar surface area (TPSA) is 143 Å². The van der Waals surface area contributed by atoms with Crippen molar-refractivity contribution in [2.75, 3.05) is 6.54 Å². The predicted octanol–water partition coefficient (Wildman–Crippen LogP) is 6.42. The number of aryl methyl sites for hydroxylation is 3. The van der Waals surface area contributed by atoms with Gasteiger partial charge in [0.2, 0.25) is 15.9 Å². The lowest BCUT2D eigenvalue weighted by Gasteiger charge is -2.34.